The van der Waals surface area contributed by atoms with Crippen LogP contribution in [0, 0.1) is 59.1 Å². The molecule has 0 bridgehead atoms. The van der Waals surface area contributed by atoms with Gasteiger partial charge in [-0.05, 0) is 0 Å². The molecule has 0 N–H and O–H groups in total. The molecule has 4 nitrogen and oxygen atoms in total. The number of rotatable bonds is 0. The lowest BCUT2D eigenvalue weighted by Gasteiger charge is -2.01. The van der Waals surface area contributed by atoms with E-state index in [-0.39, 0.29) is 0 Å². The minimum Gasteiger partial charge on any atom is -0.226 e. The lowest BCUT2D eigenvalue weighted by Crippen LogP contribution is -2.30. The van der Waals surface area contributed by atoms with Gasteiger partial charge in [-0.3, -0.25) is 0 Å². The van der Waals surface area contributed by atoms with Crippen molar-refractivity contribution in [3.63, 3.8) is 0 Å². The Balaban J connectivity index is 4.35. The van der Waals surface area contributed by atoms with E-state index in [1.165, 1.54) is 0 Å². The molecule has 96 valence electrons. The second-order valence-electron chi connectivity index (χ2n) is 3.15. The Morgan fingerprint density at radius 3 is 1.15 bits per heavy atom. The normalized spacial score (nSPS) is 8.80. The first-order valence-electron chi connectivity index (χ1n) is 4.60. The summed E-state index contributed by atoms with van der Waals surface area (Å²) in [6.45, 7) is 13.0. The van der Waals surface area contributed by atoms with Gasteiger partial charge in [0.05, 0.1) is 35.7 Å². The lowest BCUT2D eigenvalue weighted by molar-refractivity contribution is 0.434. The highest BCUT2D eigenvalue weighted by molar-refractivity contribution is 5.68. The number of nitrogens with zero attached hydrogens (tertiary/aromatic N) is 4. The number of halogens is 4. The van der Waals surface area contributed by atoms with Crippen LogP contribution in [0.1, 0.15) is 0 Å². The Morgan fingerprint density at radius 2 is 1.00 bits per heavy atom. The zero-order chi connectivity index (χ0) is 15.4. The van der Waals surface area contributed by atoms with Crippen LogP contribution in [0.4, 0.5) is 17.6 Å². The summed E-state index contributed by atoms with van der Waals surface area (Å²) >= 11 is 0. The Hall–Kier alpha value is -3.36. The monoisotopic (exact) mass is 276 g/mol. The predicted molar refractivity (Wildman–Crippen MR) is 56.8 cm³/mol. The molecule has 1 rings (SSSR count). The summed E-state index contributed by atoms with van der Waals surface area (Å²) in [5, 5.41) is 14.1. The van der Waals surface area contributed by atoms with Crippen molar-refractivity contribution in [3.05, 3.63) is 56.5 Å². The molecular weight excluding hydrogens is 276 g/mol. The summed E-state index contributed by atoms with van der Waals surface area (Å²) in [6, 6.07) is 2.20. The molecule has 0 atom stereocenters. The van der Waals surface area contributed by atoms with Crippen LogP contribution in [0.25, 0.3) is 21.1 Å². The molecule has 8 heteroatoms. The molecule has 0 heterocycles. The van der Waals surface area contributed by atoms with Gasteiger partial charge in [0.2, 0.25) is 0 Å². The van der Waals surface area contributed by atoms with Crippen LogP contribution < -0.4 is 10.4 Å². The molecule has 0 saturated heterocycles. The standard InChI is InChI=1S/C12F4N4/c1-19-5(3-17)7-9(13)11(15)8(6(4-18)20-2)12(16)10(7)14. The van der Waals surface area contributed by atoms with Gasteiger partial charge in [0.15, 0.2) is 23.3 Å². The second kappa shape index (κ2) is 5.52. The lowest BCUT2D eigenvalue weighted by atomic mass is 10.1. The Labute approximate surface area is 109 Å². The zero-order valence-corrected chi connectivity index (χ0v) is 9.30. The number of hydrogen-bond donors (Lipinski definition) is 0. The maximum Gasteiger partial charge on any atom is 0.275 e. The fourth-order valence-electron chi connectivity index (χ4n) is 1.32. The van der Waals surface area contributed by atoms with Crippen molar-refractivity contribution in [1.29, 1.82) is 10.5 Å². The van der Waals surface area contributed by atoms with Crippen molar-refractivity contribution in [2.45, 2.75) is 0 Å². The van der Waals surface area contributed by atoms with Gasteiger partial charge < -0.3 is 0 Å². The summed E-state index contributed by atoms with van der Waals surface area (Å²) in [7, 11) is 0. The van der Waals surface area contributed by atoms with Crippen LogP contribution >= 0.6 is 0 Å². The molecule has 0 fully saturated rings. The molecule has 0 amide bonds. The minimum absolute atomic E-state index is 1.10. The second-order valence-corrected chi connectivity index (χ2v) is 3.15. The summed E-state index contributed by atoms with van der Waals surface area (Å²) in [4.78, 5) is 4.91. The third-order valence-corrected chi connectivity index (χ3v) is 2.17. The van der Waals surface area contributed by atoms with Crippen molar-refractivity contribution in [2.24, 2.45) is 0 Å². The van der Waals surface area contributed by atoms with Gasteiger partial charge in [0, 0.05) is 0 Å². The van der Waals surface area contributed by atoms with Gasteiger partial charge in [-0.2, -0.15) is 0 Å². The summed E-state index contributed by atoms with van der Waals surface area (Å²) in [5.41, 5.74) is -2.38. The van der Waals surface area contributed by atoms with Crippen LogP contribution in [0.3, 0.4) is 0 Å². The molecule has 0 aromatic heterocycles. The first-order valence-corrected chi connectivity index (χ1v) is 4.60. The van der Waals surface area contributed by atoms with E-state index in [4.69, 9.17) is 23.7 Å². The van der Waals surface area contributed by atoms with Gasteiger partial charge in [0.25, 0.3) is 11.4 Å². The molecule has 0 aliphatic heterocycles. The zero-order valence-electron chi connectivity index (χ0n) is 9.30. The molecule has 0 radical (unpaired) electrons. The Kier molecular flexibility index (Phi) is 4.06. The van der Waals surface area contributed by atoms with Crippen molar-refractivity contribution in [3.8, 4) is 12.1 Å². The molecule has 0 unspecified atom stereocenters. The molecule has 0 saturated carbocycles. The number of benzene rings is 1. The fraction of sp³-hybridized carbons (Fsp3) is 0. The largest absolute Gasteiger partial charge is 0.275 e. The van der Waals surface area contributed by atoms with Gasteiger partial charge in [0.1, 0.15) is 0 Å². The average molecular weight is 276 g/mol. The smallest absolute Gasteiger partial charge is 0.226 e. The topological polar surface area (TPSA) is 56.3 Å². The fourth-order valence-corrected chi connectivity index (χ4v) is 1.32. The van der Waals surface area contributed by atoms with E-state index in [0.29, 0.717) is 0 Å². The number of hydrogen-bond acceptors (Lipinski definition) is 2. The Morgan fingerprint density at radius 1 is 0.750 bits per heavy atom. The minimum atomic E-state index is -2.01. The summed E-state index contributed by atoms with van der Waals surface area (Å²) < 4.78 is 54.6. The van der Waals surface area contributed by atoms with Crippen LogP contribution in [0.5, 0.6) is 0 Å². The highest BCUT2D eigenvalue weighted by Crippen LogP contribution is 2.07. The van der Waals surface area contributed by atoms with E-state index in [0.717, 1.165) is 12.1 Å². The highest BCUT2D eigenvalue weighted by atomic mass is 19.2. The SMILES string of the molecule is [C-]#[N+]C(C#N)=c1c(F)c(F)c(=C(C#N)[N+]#[C-])c(F)c1F. The maximum absolute atomic E-state index is 13.6. The molecule has 0 spiro atoms. The van der Waals surface area contributed by atoms with Crippen molar-refractivity contribution in [1.82, 2.24) is 0 Å². The molecule has 1 aromatic rings. The van der Waals surface area contributed by atoms with Gasteiger partial charge in [-0.15, -0.1) is 0 Å². The van der Waals surface area contributed by atoms with Gasteiger partial charge >= 0.3 is 0 Å². The van der Waals surface area contributed by atoms with Crippen LogP contribution in [-0.2, 0) is 0 Å². The van der Waals surface area contributed by atoms with Crippen molar-refractivity contribution >= 4 is 11.4 Å². The first kappa shape index (κ1) is 14.7. The molecule has 20 heavy (non-hydrogen) atoms. The number of nitriles is 2. The highest BCUT2D eigenvalue weighted by Gasteiger charge is 2.22. The summed E-state index contributed by atoms with van der Waals surface area (Å²) in [5.74, 6) is -8.04. The van der Waals surface area contributed by atoms with E-state index in [1.54, 1.807) is 0 Å². The first-order chi connectivity index (χ1) is 9.44. The van der Waals surface area contributed by atoms with E-state index < -0.39 is 45.1 Å². The van der Waals surface area contributed by atoms with Crippen molar-refractivity contribution < 1.29 is 17.6 Å². The summed E-state index contributed by atoms with van der Waals surface area (Å²) in [6.07, 6.45) is 0. The van der Waals surface area contributed by atoms with E-state index >= 15 is 0 Å². The van der Waals surface area contributed by atoms with Crippen LogP contribution in [0.2, 0.25) is 0 Å². The van der Waals surface area contributed by atoms with Gasteiger partial charge in [-0.25, -0.2) is 37.8 Å². The van der Waals surface area contributed by atoms with E-state index in [9.17, 15) is 17.6 Å². The average Bonchev–Trinajstić information content (AvgIpc) is 2.46. The molecule has 0 aliphatic rings. The van der Waals surface area contributed by atoms with Gasteiger partial charge in [-0.1, -0.05) is 0 Å². The third kappa shape index (κ3) is 2.03. The molecule has 1 aromatic carbocycles. The quantitative estimate of drug-likeness (QED) is 0.408. The van der Waals surface area contributed by atoms with E-state index in [1.807, 2.05) is 0 Å². The Bertz CT molecular complexity index is 746. The molecular formula is C12F4N4. The van der Waals surface area contributed by atoms with Crippen LogP contribution in [-0.4, -0.2) is 0 Å². The van der Waals surface area contributed by atoms with Crippen LogP contribution in [0.15, 0.2) is 0 Å². The van der Waals surface area contributed by atoms with Crippen molar-refractivity contribution in [2.75, 3.05) is 0 Å². The third-order valence-electron chi connectivity index (χ3n) is 2.17. The maximum atomic E-state index is 13.6. The molecule has 0 aliphatic carbocycles. The predicted octanol–water partition coefficient (Wildman–Crippen LogP) is 1.35. The van der Waals surface area contributed by atoms with E-state index in [2.05, 4.69) is 9.69 Å².